The van der Waals surface area contributed by atoms with Crippen molar-refractivity contribution in [2.45, 2.75) is 32.6 Å². The fourth-order valence-corrected chi connectivity index (χ4v) is 3.48. The van der Waals surface area contributed by atoms with E-state index in [1.165, 1.54) is 0 Å². The number of nitrogens with zero attached hydrogens (tertiary/aromatic N) is 1. The highest BCUT2D eigenvalue weighted by Gasteiger charge is 2.38. The molecule has 1 aliphatic heterocycles. The average molecular weight is 282 g/mol. The normalized spacial score (nSPS) is 22.3. The summed E-state index contributed by atoms with van der Waals surface area (Å²) in [7, 11) is 0. The monoisotopic (exact) mass is 282 g/mol. The quantitative estimate of drug-likeness (QED) is 0.871. The summed E-state index contributed by atoms with van der Waals surface area (Å²) in [4.78, 5) is 17.5. The van der Waals surface area contributed by atoms with E-state index >= 15 is 0 Å². The maximum atomic E-state index is 13.1. The van der Waals surface area contributed by atoms with Crippen molar-refractivity contribution in [3.8, 4) is 0 Å². The Kier molecular flexibility index (Phi) is 4.02. The number of rotatable bonds is 4. The van der Waals surface area contributed by atoms with Crippen molar-refractivity contribution in [2.24, 2.45) is 5.41 Å². The van der Waals surface area contributed by atoms with Gasteiger partial charge < -0.3 is 5.32 Å². The molecule has 1 saturated heterocycles. The van der Waals surface area contributed by atoms with Gasteiger partial charge >= 0.3 is 0 Å². The zero-order valence-electron chi connectivity index (χ0n) is 12.6. The van der Waals surface area contributed by atoms with Gasteiger partial charge in [-0.1, -0.05) is 31.5 Å². The summed E-state index contributed by atoms with van der Waals surface area (Å²) in [6.07, 6.45) is 5.85. The van der Waals surface area contributed by atoms with Crippen LogP contribution in [0.4, 0.5) is 0 Å². The molecule has 1 N–H and O–H groups in total. The Labute approximate surface area is 125 Å². The minimum atomic E-state index is -0.227. The van der Waals surface area contributed by atoms with E-state index in [1.54, 1.807) is 6.20 Å². The highest BCUT2D eigenvalue weighted by molar-refractivity contribution is 6.03. The number of hydrogen-bond acceptors (Lipinski definition) is 3. The van der Waals surface area contributed by atoms with Gasteiger partial charge in [0.2, 0.25) is 0 Å². The summed E-state index contributed by atoms with van der Waals surface area (Å²) < 4.78 is 0. The Morgan fingerprint density at radius 2 is 2.29 bits per heavy atom. The third kappa shape index (κ3) is 2.70. The second-order valence-electron chi connectivity index (χ2n) is 6.05. The molecule has 3 rings (SSSR count). The topological polar surface area (TPSA) is 42.0 Å². The fourth-order valence-electron chi connectivity index (χ4n) is 3.48. The molecule has 2 heterocycles. The Hall–Kier alpha value is -1.74. The van der Waals surface area contributed by atoms with Gasteiger partial charge in [-0.05, 0) is 37.9 Å². The Balaban J connectivity index is 1.97. The molecular weight excluding hydrogens is 260 g/mol. The molecule has 21 heavy (non-hydrogen) atoms. The number of carbonyl (C=O) groups is 1. The van der Waals surface area contributed by atoms with Crippen LogP contribution in [-0.4, -0.2) is 23.9 Å². The Morgan fingerprint density at radius 1 is 1.38 bits per heavy atom. The van der Waals surface area contributed by atoms with Gasteiger partial charge in [0.1, 0.15) is 0 Å². The molecule has 1 unspecified atom stereocenters. The van der Waals surface area contributed by atoms with E-state index < -0.39 is 0 Å². The first-order chi connectivity index (χ1) is 10.2. The predicted molar refractivity (Wildman–Crippen MR) is 85.5 cm³/mol. The van der Waals surface area contributed by atoms with Crippen molar-refractivity contribution >= 4 is 16.7 Å². The van der Waals surface area contributed by atoms with E-state index in [2.05, 4.69) is 17.2 Å². The zero-order valence-corrected chi connectivity index (χ0v) is 12.6. The van der Waals surface area contributed by atoms with Gasteiger partial charge in [0.05, 0.1) is 5.52 Å². The molecule has 110 valence electrons. The van der Waals surface area contributed by atoms with Crippen molar-refractivity contribution in [1.82, 2.24) is 10.3 Å². The summed E-state index contributed by atoms with van der Waals surface area (Å²) in [6, 6.07) is 9.86. The van der Waals surface area contributed by atoms with Crippen molar-refractivity contribution in [3.63, 3.8) is 0 Å². The summed E-state index contributed by atoms with van der Waals surface area (Å²) in [5.41, 5.74) is 1.48. The lowest BCUT2D eigenvalue weighted by molar-refractivity contribution is 0.0718. The molecule has 1 aliphatic rings. The lowest BCUT2D eigenvalue weighted by Gasteiger charge is -2.36. The van der Waals surface area contributed by atoms with Gasteiger partial charge in [0.15, 0.2) is 5.78 Å². The number of Topliss-reactive ketones (excluding diaryl/α,β-unsaturated/α-hetero) is 1. The minimum Gasteiger partial charge on any atom is -0.316 e. The number of carbonyl (C=O) groups excluding carboxylic acids is 1. The maximum absolute atomic E-state index is 13.1. The Morgan fingerprint density at radius 3 is 3.05 bits per heavy atom. The summed E-state index contributed by atoms with van der Waals surface area (Å²) in [5, 5.41) is 4.50. The molecular formula is C18H22N2O. The van der Waals surface area contributed by atoms with Gasteiger partial charge in [0.25, 0.3) is 0 Å². The molecule has 3 nitrogen and oxygen atoms in total. The summed E-state index contributed by atoms with van der Waals surface area (Å²) in [6.45, 7) is 3.99. The van der Waals surface area contributed by atoms with E-state index in [0.717, 1.165) is 55.2 Å². The van der Waals surface area contributed by atoms with Crippen LogP contribution < -0.4 is 5.32 Å². The predicted octanol–water partition coefficient (Wildman–Crippen LogP) is 3.59. The number of benzene rings is 1. The van der Waals surface area contributed by atoms with Crippen molar-refractivity contribution in [1.29, 1.82) is 0 Å². The van der Waals surface area contributed by atoms with Crippen LogP contribution in [0.5, 0.6) is 0 Å². The molecule has 1 fully saturated rings. The van der Waals surface area contributed by atoms with Crippen LogP contribution >= 0.6 is 0 Å². The molecule has 2 aromatic rings. The van der Waals surface area contributed by atoms with Crippen LogP contribution in [0.1, 0.15) is 43.0 Å². The molecule has 1 aromatic carbocycles. The van der Waals surface area contributed by atoms with E-state index in [9.17, 15) is 4.79 Å². The summed E-state index contributed by atoms with van der Waals surface area (Å²) >= 11 is 0. The van der Waals surface area contributed by atoms with Crippen molar-refractivity contribution < 1.29 is 4.79 Å². The number of fused-ring (bicyclic) bond motifs is 1. The van der Waals surface area contributed by atoms with Crippen LogP contribution in [0, 0.1) is 5.41 Å². The van der Waals surface area contributed by atoms with Gasteiger partial charge in [0, 0.05) is 29.1 Å². The number of hydrogen-bond donors (Lipinski definition) is 1. The van der Waals surface area contributed by atoms with Gasteiger partial charge in [-0.2, -0.15) is 0 Å². The first-order valence-electron chi connectivity index (χ1n) is 7.85. The number of aromatic nitrogens is 1. The number of nitrogens with one attached hydrogen (secondary N) is 1. The second kappa shape index (κ2) is 5.94. The molecule has 0 spiro atoms. The molecule has 3 heteroatoms. The molecule has 0 saturated carbocycles. The minimum absolute atomic E-state index is 0.227. The molecule has 0 aliphatic carbocycles. The highest BCUT2D eigenvalue weighted by Crippen LogP contribution is 2.35. The lowest BCUT2D eigenvalue weighted by Crippen LogP contribution is -2.45. The fraction of sp³-hybridized carbons (Fsp3) is 0.444. The second-order valence-corrected chi connectivity index (χ2v) is 6.05. The molecule has 1 atom stereocenters. The van der Waals surface area contributed by atoms with Crippen molar-refractivity contribution in [3.05, 3.63) is 42.1 Å². The Bertz CT molecular complexity index is 639. The van der Waals surface area contributed by atoms with E-state index in [0.29, 0.717) is 0 Å². The first kappa shape index (κ1) is 14.2. The average Bonchev–Trinajstić information content (AvgIpc) is 2.55. The SMILES string of the molecule is CCCC1(C(=O)c2ccc3cccnc3c2)CCCNC1. The van der Waals surface area contributed by atoms with Gasteiger partial charge in [-0.3, -0.25) is 9.78 Å². The van der Waals surface area contributed by atoms with Crippen LogP contribution in [0.25, 0.3) is 10.9 Å². The van der Waals surface area contributed by atoms with E-state index in [-0.39, 0.29) is 11.2 Å². The molecule has 0 bridgehead atoms. The van der Waals surface area contributed by atoms with Crippen LogP contribution in [0.3, 0.4) is 0 Å². The highest BCUT2D eigenvalue weighted by atomic mass is 16.1. The van der Waals surface area contributed by atoms with Crippen molar-refractivity contribution in [2.75, 3.05) is 13.1 Å². The number of ketones is 1. The maximum Gasteiger partial charge on any atom is 0.170 e. The smallest absolute Gasteiger partial charge is 0.170 e. The standard InChI is InChI=1S/C18H22N2O/c1-2-8-18(9-4-10-19-13-18)17(21)15-7-6-14-5-3-11-20-16(14)12-15/h3,5-7,11-12,19H,2,4,8-10,13H2,1H3. The van der Waals surface area contributed by atoms with E-state index in [1.807, 2.05) is 30.3 Å². The van der Waals surface area contributed by atoms with Crippen LogP contribution in [-0.2, 0) is 0 Å². The van der Waals surface area contributed by atoms with Gasteiger partial charge in [-0.25, -0.2) is 0 Å². The van der Waals surface area contributed by atoms with E-state index in [4.69, 9.17) is 0 Å². The third-order valence-corrected chi connectivity index (χ3v) is 4.55. The summed E-state index contributed by atoms with van der Waals surface area (Å²) in [5.74, 6) is 0.282. The molecule has 1 aromatic heterocycles. The first-order valence-corrected chi connectivity index (χ1v) is 7.85. The molecule has 0 radical (unpaired) electrons. The number of pyridine rings is 1. The number of piperidine rings is 1. The zero-order chi connectivity index (χ0) is 14.7. The van der Waals surface area contributed by atoms with Gasteiger partial charge in [-0.15, -0.1) is 0 Å². The molecule has 0 amide bonds. The largest absolute Gasteiger partial charge is 0.316 e. The lowest BCUT2D eigenvalue weighted by atomic mass is 9.71. The van der Waals surface area contributed by atoms with Crippen LogP contribution in [0.15, 0.2) is 36.5 Å². The van der Waals surface area contributed by atoms with Crippen LogP contribution in [0.2, 0.25) is 0 Å². The third-order valence-electron chi connectivity index (χ3n) is 4.55.